The molecule has 0 spiro atoms. The predicted octanol–water partition coefficient (Wildman–Crippen LogP) is 6.29. The lowest BCUT2D eigenvalue weighted by Gasteiger charge is -2.00. The molecule has 0 aliphatic carbocycles. The third-order valence-corrected chi connectivity index (χ3v) is 4.53. The third-order valence-electron chi connectivity index (χ3n) is 4.53. The Morgan fingerprint density at radius 2 is 1.07 bits per heavy atom. The second-order valence-corrected chi connectivity index (χ2v) is 6.38. The maximum absolute atomic E-state index is 8.50. The van der Waals surface area contributed by atoms with Crippen LogP contribution in [0.3, 0.4) is 0 Å². The Kier molecular flexibility index (Phi) is 4.76. The van der Waals surface area contributed by atoms with Crippen molar-refractivity contribution >= 4 is 32.4 Å². The summed E-state index contributed by atoms with van der Waals surface area (Å²) in [5.41, 5.74) is 1.79. The summed E-state index contributed by atoms with van der Waals surface area (Å²) >= 11 is 0. The summed E-state index contributed by atoms with van der Waals surface area (Å²) in [6.07, 6.45) is 0.380. The van der Waals surface area contributed by atoms with Crippen molar-refractivity contribution in [2.24, 2.45) is 0 Å². The van der Waals surface area contributed by atoms with Gasteiger partial charge in [0.25, 0.3) is 0 Å². The average molecular weight is 346 g/mol. The summed E-state index contributed by atoms with van der Waals surface area (Å²) in [4.78, 5) is 4.34. The Labute approximate surface area is 158 Å². The van der Waals surface area contributed by atoms with E-state index < -0.39 is 0 Å². The zero-order chi connectivity index (χ0) is 18.5. The molecule has 0 bridgehead atoms. The van der Waals surface area contributed by atoms with E-state index >= 15 is 0 Å². The highest BCUT2D eigenvalue weighted by Crippen LogP contribution is 2.22. The predicted molar refractivity (Wildman–Crippen MR) is 113 cm³/mol. The molecule has 4 aromatic carbocycles. The van der Waals surface area contributed by atoms with Crippen LogP contribution in [0.4, 0.5) is 0 Å². The minimum absolute atomic E-state index is 0.380. The number of para-hydroxylation sites is 1. The fourth-order valence-corrected chi connectivity index (χ4v) is 3.17. The molecule has 0 atom stereocenters. The van der Waals surface area contributed by atoms with E-state index in [-0.39, 0.29) is 0 Å². The molecule has 0 aliphatic heterocycles. The molecular weight excluding hydrogens is 328 g/mol. The first-order chi connectivity index (χ1) is 13.3. The van der Waals surface area contributed by atoms with Gasteiger partial charge >= 0.3 is 0 Å². The van der Waals surface area contributed by atoms with E-state index in [1.807, 2.05) is 36.4 Å². The zero-order valence-electron chi connectivity index (χ0n) is 14.8. The van der Waals surface area contributed by atoms with Gasteiger partial charge in [0.2, 0.25) is 0 Å². The number of pyridine rings is 1. The summed E-state index contributed by atoms with van der Waals surface area (Å²) in [7, 11) is 0. The minimum Gasteiger partial charge on any atom is -0.252 e. The molecule has 1 aromatic heterocycles. The quantitative estimate of drug-likeness (QED) is 0.334. The van der Waals surface area contributed by atoms with Crippen LogP contribution in [-0.4, -0.2) is 4.98 Å². The maximum atomic E-state index is 8.50. The fraction of sp³-hybridized carbons (Fsp3) is 0.0400. The standard InChI is InChI=1S/C14H10.C11H8N2/c1-2-6-12-10-14-8-4-3-7-13(14)9-11(12)5-1;12-8-7-10-6-5-9-3-1-2-4-11(9)13-10/h1-10H;1-6H,7H2. The van der Waals surface area contributed by atoms with Gasteiger partial charge in [0.15, 0.2) is 0 Å². The molecule has 1 heterocycles. The lowest BCUT2D eigenvalue weighted by molar-refractivity contribution is 1.15. The van der Waals surface area contributed by atoms with Crippen LogP contribution in [0.15, 0.2) is 97.1 Å². The SMILES string of the molecule is N#CCc1ccc2ccccc2n1.c1ccc2cc3ccccc3cc2c1. The van der Waals surface area contributed by atoms with E-state index in [9.17, 15) is 0 Å². The van der Waals surface area contributed by atoms with Crippen LogP contribution in [0.1, 0.15) is 5.69 Å². The van der Waals surface area contributed by atoms with Crippen molar-refractivity contribution in [1.29, 1.82) is 5.26 Å². The molecular formula is C25H18N2. The number of fused-ring (bicyclic) bond motifs is 3. The summed E-state index contributed by atoms with van der Waals surface area (Å²) in [6.45, 7) is 0. The number of rotatable bonds is 1. The molecule has 0 aliphatic rings. The van der Waals surface area contributed by atoms with E-state index in [1.54, 1.807) is 0 Å². The highest BCUT2D eigenvalue weighted by Gasteiger charge is 1.96. The van der Waals surface area contributed by atoms with Gasteiger partial charge in [-0.2, -0.15) is 5.26 Å². The highest BCUT2D eigenvalue weighted by molar-refractivity contribution is 5.98. The van der Waals surface area contributed by atoms with Crippen molar-refractivity contribution < 1.29 is 0 Å². The first-order valence-corrected chi connectivity index (χ1v) is 8.93. The van der Waals surface area contributed by atoms with Crippen LogP contribution in [0, 0.1) is 11.3 Å². The normalized spacial score (nSPS) is 10.3. The van der Waals surface area contributed by atoms with Crippen LogP contribution >= 0.6 is 0 Å². The zero-order valence-corrected chi connectivity index (χ0v) is 14.8. The van der Waals surface area contributed by atoms with Crippen LogP contribution in [0.25, 0.3) is 32.4 Å². The van der Waals surface area contributed by atoms with Crippen LogP contribution in [0.2, 0.25) is 0 Å². The number of hydrogen-bond donors (Lipinski definition) is 0. The van der Waals surface area contributed by atoms with Crippen molar-refractivity contribution in [2.75, 3.05) is 0 Å². The minimum atomic E-state index is 0.380. The van der Waals surface area contributed by atoms with Gasteiger partial charge < -0.3 is 0 Å². The van der Waals surface area contributed by atoms with Gasteiger partial charge in [-0.15, -0.1) is 0 Å². The van der Waals surface area contributed by atoms with Gasteiger partial charge in [0.05, 0.1) is 23.7 Å². The van der Waals surface area contributed by atoms with Gasteiger partial charge in [-0.25, -0.2) is 0 Å². The van der Waals surface area contributed by atoms with Gasteiger partial charge in [-0.05, 0) is 45.8 Å². The van der Waals surface area contributed by atoms with Crippen molar-refractivity contribution in [3.63, 3.8) is 0 Å². The van der Waals surface area contributed by atoms with Crippen LogP contribution in [0.5, 0.6) is 0 Å². The van der Waals surface area contributed by atoms with Gasteiger partial charge in [0.1, 0.15) is 0 Å². The first-order valence-electron chi connectivity index (χ1n) is 8.93. The number of nitriles is 1. The molecule has 5 aromatic rings. The Morgan fingerprint density at radius 3 is 1.59 bits per heavy atom. The topological polar surface area (TPSA) is 36.7 Å². The smallest absolute Gasteiger partial charge is 0.0774 e. The second-order valence-electron chi connectivity index (χ2n) is 6.38. The van der Waals surface area contributed by atoms with Gasteiger partial charge in [0, 0.05) is 5.39 Å². The molecule has 0 saturated carbocycles. The monoisotopic (exact) mass is 346 g/mol. The van der Waals surface area contributed by atoms with E-state index in [0.29, 0.717) is 6.42 Å². The van der Waals surface area contributed by atoms with Crippen LogP contribution in [-0.2, 0) is 6.42 Å². The van der Waals surface area contributed by atoms with E-state index in [4.69, 9.17) is 5.26 Å². The molecule has 2 heteroatoms. The van der Waals surface area contributed by atoms with Gasteiger partial charge in [-0.1, -0.05) is 72.8 Å². The van der Waals surface area contributed by atoms with Crippen LogP contribution < -0.4 is 0 Å². The Bertz CT molecular complexity index is 1160. The second kappa shape index (κ2) is 7.68. The lowest BCUT2D eigenvalue weighted by Crippen LogP contribution is -1.87. The molecule has 0 unspecified atom stereocenters. The Balaban J connectivity index is 0.000000134. The van der Waals surface area contributed by atoms with Crippen molar-refractivity contribution in [2.45, 2.75) is 6.42 Å². The average Bonchev–Trinajstić information content (AvgIpc) is 2.73. The molecule has 0 N–H and O–H groups in total. The summed E-state index contributed by atoms with van der Waals surface area (Å²) < 4.78 is 0. The third kappa shape index (κ3) is 3.78. The number of hydrogen-bond acceptors (Lipinski definition) is 2. The first kappa shape index (κ1) is 16.8. The van der Waals surface area contributed by atoms with Gasteiger partial charge in [-0.3, -0.25) is 4.98 Å². The summed E-state index contributed by atoms with van der Waals surface area (Å²) in [6, 6.07) is 35.3. The fourth-order valence-electron chi connectivity index (χ4n) is 3.17. The molecule has 0 radical (unpaired) electrons. The summed E-state index contributed by atoms with van der Waals surface area (Å²) in [5.74, 6) is 0. The molecule has 0 fully saturated rings. The maximum Gasteiger partial charge on any atom is 0.0774 e. The Hall–Kier alpha value is -3.70. The molecule has 128 valence electrons. The molecule has 0 saturated heterocycles. The van der Waals surface area contributed by atoms with Crippen molar-refractivity contribution in [3.8, 4) is 6.07 Å². The highest BCUT2D eigenvalue weighted by atomic mass is 14.7. The number of nitrogens with zero attached hydrogens (tertiary/aromatic N) is 2. The molecule has 0 amide bonds. The lowest BCUT2D eigenvalue weighted by atomic mass is 10.0. The van der Waals surface area contributed by atoms with E-state index in [0.717, 1.165) is 16.6 Å². The van der Waals surface area contributed by atoms with E-state index in [2.05, 4.69) is 71.7 Å². The van der Waals surface area contributed by atoms with Crippen molar-refractivity contribution in [1.82, 2.24) is 4.98 Å². The number of aromatic nitrogens is 1. The molecule has 2 nitrogen and oxygen atoms in total. The molecule has 27 heavy (non-hydrogen) atoms. The number of benzene rings is 4. The summed E-state index contributed by atoms with van der Waals surface area (Å²) in [5, 5.41) is 14.9. The largest absolute Gasteiger partial charge is 0.252 e. The van der Waals surface area contributed by atoms with Crippen molar-refractivity contribution in [3.05, 3.63) is 103 Å². The Morgan fingerprint density at radius 1 is 0.593 bits per heavy atom. The van der Waals surface area contributed by atoms with E-state index in [1.165, 1.54) is 21.5 Å². The molecule has 5 rings (SSSR count).